The van der Waals surface area contributed by atoms with Gasteiger partial charge in [-0.05, 0) is 119 Å². The van der Waals surface area contributed by atoms with Gasteiger partial charge in [-0.3, -0.25) is 0 Å². The van der Waals surface area contributed by atoms with Crippen LogP contribution in [0.4, 0.5) is 0 Å². The summed E-state index contributed by atoms with van der Waals surface area (Å²) in [5.41, 5.74) is 4.40. The molecule has 0 N–H and O–H groups in total. The van der Waals surface area contributed by atoms with Crippen molar-refractivity contribution in [2.24, 2.45) is 5.41 Å². The largest absolute Gasteiger partial charge is 0.501 e. The summed E-state index contributed by atoms with van der Waals surface area (Å²) < 4.78 is 130. The van der Waals surface area contributed by atoms with E-state index >= 15 is 0 Å². The van der Waals surface area contributed by atoms with E-state index in [1.165, 1.54) is 36.7 Å². The van der Waals surface area contributed by atoms with Crippen LogP contribution in [0.5, 0.6) is 0 Å². The molecule has 5 aromatic carbocycles. The fourth-order valence-corrected chi connectivity index (χ4v) is 7.38. The molecule has 0 saturated heterocycles. The zero-order chi connectivity index (χ0) is 52.4. The molecule has 3 heterocycles. The molecule has 1 aliphatic rings. The minimum Gasteiger partial charge on any atom is -0.501 e. The van der Waals surface area contributed by atoms with Gasteiger partial charge in [0.1, 0.15) is 5.58 Å². The summed E-state index contributed by atoms with van der Waals surface area (Å²) in [5, 5.41) is 1.68. The minimum absolute atomic E-state index is 0. The number of aromatic nitrogens is 2. The summed E-state index contributed by atoms with van der Waals surface area (Å²) in [5.74, 6) is -0.700. The molecule has 0 aliphatic heterocycles. The summed E-state index contributed by atoms with van der Waals surface area (Å²) in [4.78, 5) is 8.79. The molecule has 0 bridgehead atoms. The van der Waals surface area contributed by atoms with Crippen molar-refractivity contribution in [1.29, 1.82) is 0 Å². The van der Waals surface area contributed by atoms with Gasteiger partial charge >= 0.3 is 0 Å². The number of furan rings is 1. The monoisotopic (exact) mass is 952 g/mol. The van der Waals surface area contributed by atoms with Gasteiger partial charge in [0.05, 0.1) is 5.58 Å². The fourth-order valence-electron chi connectivity index (χ4n) is 7.38. The molecule has 8 aromatic rings. The molecule has 1 aliphatic carbocycles. The number of benzene rings is 5. The Balaban J connectivity index is 0.000000274. The van der Waals surface area contributed by atoms with E-state index in [4.69, 9.17) is 25.0 Å². The zero-order valence-electron chi connectivity index (χ0n) is 47.5. The first kappa shape index (κ1) is 26.1. The van der Waals surface area contributed by atoms with Gasteiger partial charge in [-0.2, -0.15) is 0 Å². The van der Waals surface area contributed by atoms with Crippen molar-refractivity contribution in [1.82, 2.24) is 9.97 Å². The number of para-hydroxylation sites is 1. The molecular weight excluding hydrogens is 885 g/mol. The van der Waals surface area contributed by atoms with Gasteiger partial charge in [0, 0.05) is 58.4 Å². The van der Waals surface area contributed by atoms with Gasteiger partial charge in [-0.15, -0.1) is 53.6 Å². The number of rotatable bonds is 6. The van der Waals surface area contributed by atoms with Crippen molar-refractivity contribution in [3.63, 3.8) is 0 Å². The molecule has 1 saturated carbocycles. The third-order valence-corrected chi connectivity index (χ3v) is 10.1. The number of nitrogens with zero attached hydrogens (tertiary/aromatic N) is 2. The van der Waals surface area contributed by atoms with E-state index in [1.807, 2.05) is 63.2 Å². The molecular formula is C54H52IrN2O-2. The number of hydrogen-bond acceptors (Lipinski definition) is 3. The van der Waals surface area contributed by atoms with Crippen LogP contribution in [0.1, 0.15) is 106 Å². The third kappa shape index (κ3) is 8.95. The van der Waals surface area contributed by atoms with Crippen molar-refractivity contribution in [2.45, 2.75) is 86.1 Å². The average Bonchev–Trinajstić information content (AvgIpc) is 3.94. The van der Waals surface area contributed by atoms with Crippen LogP contribution in [-0.2, 0) is 26.5 Å². The Labute approximate surface area is 379 Å². The minimum atomic E-state index is -2.74. The molecule has 58 heavy (non-hydrogen) atoms. The predicted molar refractivity (Wildman–Crippen MR) is 238 cm³/mol. The van der Waals surface area contributed by atoms with Crippen LogP contribution in [-0.4, -0.2) is 9.97 Å². The number of aryl methyl sites for hydroxylation is 4. The molecule has 4 heteroatoms. The van der Waals surface area contributed by atoms with Crippen LogP contribution in [0.25, 0.3) is 66.7 Å². The molecule has 0 amide bonds. The first-order valence-corrected chi connectivity index (χ1v) is 19.1. The molecule has 295 valence electrons. The van der Waals surface area contributed by atoms with Gasteiger partial charge < -0.3 is 14.4 Å². The predicted octanol–water partition coefficient (Wildman–Crippen LogP) is 14.8. The van der Waals surface area contributed by atoms with Gasteiger partial charge in [-0.1, -0.05) is 124 Å². The van der Waals surface area contributed by atoms with Crippen LogP contribution < -0.4 is 0 Å². The Morgan fingerprint density at radius 2 is 1.48 bits per heavy atom. The van der Waals surface area contributed by atoms with E-state index in [1.54, 1.807) is 42.5 Å². The summed E-state index contributed by atoms with van der Waals surface area (Å²) in [6.07, 6.45) is 4.66. The van der Waals surface area contributed by atoms with E-state index in [-0.39, 0.29) is 64.7 Å². The van der Waals surface area contributed by atoms with Gasteiger partial charge in [0.15, 0.2) is 0 Å². The van der Waals surface area contributed by atoms with Crippen LogP contribution in [0.2, 0.25) is 0 Å². The normalized spacial score (nSPS) is 18.5. The molecule has 3 aromatic heterocycles. The Bertz CT molecular complexity index is 3250. The molecule has 0 spiro atoms. The summed E-state index contributed by atoms with van der Waals surface area (Å²) >= 11 is 0. The Morgan fingerprint density at radius 3 is 2.19 bits per heavy atom. The molecule has 1 fully saturated rings. The van der Waals surface area contributed by atoms with Crippen molar-refractivity contribution in [3.05, 3.63) is 167 Å². The van der Waals surface area contributed by atoms with E-state index in [0.717, 1.165) is 42.0 Å². The quantitative estimate of drug-likeness (QED) is 0.156. The fraction of sp³-hybridized carbons (Fsp3) is 0.259. The van der Waals surface area contributed by atoms with Gasteiger partial charge in [0.25, 0.3) is 0 Å². The van der Waals surface area contributed by atoms with Crippen LogP contribution in [0, 0.1) is 45.0 Å². The number of hydrogen-bond donors (Lipinski definition) is 0. The van der Waals surface area contributed by atoms with E-state index < -0.39 is 45.1 Å². The summed E-state index contributed by atoms with van der Waals surface area (Å²) in [6.45, 7) is -4.72. The Hall–Kier alpha value is -5.15. The SMILES string of the molecule is [2H]C([2H])([2H])c1c[c-]c(-c2ccc(C([2H])([2H])C(C)(C)C)cn2)cc1.[2H]C([2H])([2H])c1cc(-c2cc(-c3[c-]ccc4c3oc3ccccc34)ncc2C([2H])([2H])[2H])c(C([2H])([2H])[2H])cc1-c1ccc(C2([2H])CCCC2)cc1.[Ir]. The van der Waals surface area contributed by atoms with E-state index in [2.05, 4.69) is 22.1 Å². The molecule has 9 rings (SSSR count). The second-order valence-corrected chi connectivity index (χ2v) is 15.4. The second-order valence-electron chi connectivity index (χ2n) is 15.4. The number of pyridine rings is 2. The van der Waals surface area contributed by atoms with Crippen molar-refractivity contribution < 1.29 is 45.1 Å². The van der Waals surface area contributed by atoms with Gasteiger partial charge in [-0.25, -0.2) is 0 Å². The van der Waals surface area contributed by atoms with Crippen molar-refractivity contribution in [2.75, 3.05) is 0 Å². The summed E-state index contributed by atoms with van der Waals surface area (Å²) in [6, 6.07) is 36.5. The average molecular weight is 952 g/mol. The molecule has 0 unspecified atom stereocenters. The Morgan fingerprint density at radius 1 is 0.741 bits per heavy atom. The van der Waals surface area contributed by atoms with Crippen LogP contribution in [0.3, 0.4) is 0 Å². The topological polar surface area (TPSA) is 38.9 Å². The third-order valence-electron chi connectivity index (χ3n) is 10.1. The second kappa shape index (κ2) is 17.4. The maximum absolute atomic E-state index is 8.88. The molecule has 1 radical (unpaired) electrons. The van der Waals surface area contributed by atoms with Crippen LogP contribution >= 0.6 is 0 Å². The zero-order valence-corrected chi connectivity index (χ0v) is 34.9. The summed E-state index contributed by atoms with van der Waals surface area (Å²) in [7, 11) is 0. The van der Waals surface area contributed by atoms with Crippen LogP contribution in [0.15, 0.2) is 126 Å². The maximum Gasteiger partial charge on any atom is 0.120 e. The van der Waals surface area contributed by atoms with E-state index in [9.17, 15) is 0 Å². The van der Waals surface area contributed by atoms with Crippen molar-refractivity contribution in [3.8, 4) is 44.8 Å². The van der Waals surface area contributed by atoms with E-state index in [0.29, 0.717) is 39.1 Å². The Kier molecular flexibility index (Phi) is 7.80. The first-order valence-electron chi connectivity index (χ1n) is 26.6. The van der Waals surface area contributed by atoms with Crippen molar-refractivity contribution >= 4 is 21.9 Å². The smallest absolute Gasteiger partial charge is 0.120 e. The molecule has 3 nitrogen and oxygen atoms in total. The standard InChI is InChI=1S/C37H32NO.C17H20N.Ir/c1-23-20-33(24(2)19-32(23)28-17-15-27(16-18-28)26-9-4-5-10-26)34-21-35(38-22-25(34)3)31-13-8-12-30-29-11-6-7-14-36(29)39-37(30)31;1-13-5-8-15(9-6-13)16-10-7-14(12-18-16)11-17(2,3)4;/h6-8,11-12,14-22,26H,4-5,9-10H2,1-3H3;5-8,10,12H,11H2,1-4H3;/q2*-1;/i1D3,2D3,3D3,26D;1D3,11D2;. The maximum atomic E-state index is 8.88. The number of fused-ring (bicyclic) bond motifs is 3. The molecule has 0 atom stereocenters. The van der Waals surface area contributed by atoms with Gasteiger partial charge in [0.2, 0.25) is 0 Å². The first-order chi connectivity index (χ1) is 33.5.